The SMILES string of the molecule is CC1CCCNC1(C(=O)O)C(=O)[C@H](Cc1cnc[nH]1)NC(=O)[C@@H]1CCC(=O)N1. The van der Waals surface area contributed by atoms with Crippen molar-refractivity contribution >= 4 is 23.6 Å². The summed E-state index contributed by atoms with van der Waals surface area (Å²) in [7, 11) is 0. The second-order valence-electron chi connectivity index (χ2n) is 7.45. The number of amides is 2. The number of aromatic amines is 1. The molecule has 10 heteroatoms. The van der Waals surface area contributed by atoms with Gasteiger partial charge in [-0.15, -0.1) is 0 Å². The molecule has 2 fully saturated rings. The number of hydrogen-bond acceptors (Lipinski definition) is 6. The van der Waals surface area contributed by atoms with Crippen LogP contribution in [0.3, 0.4) is 0 Å². The zero-order chi connectivity index (χ0) is 20.3. The van der Waals surface area contributed by atoms with Gasteiger partial charge in [-0.25, -0.2) is 9.78 Å². The third-order valence-electron chi connectivity index (χ3n) is 5.61. The van der Waals surface area contributed by atoms with Crippen molar-refractivity contribution < 1.29 is 24.3 Å². The van der Waals surface area contributed by atoms with Crippen LogP contribution in [-0.2, 0) is 25.6 Å². The highest BCUT2D eigenvalue weighted by Gasteiger charge is 2.54. The van der Waals surface area contributed by atoms with E-state index in [1.165, 1.54) is 12.5 Å². The van der Waals surface area contributed by atoms with Gasteiger partial charge in [0.05, 0.1) is 12.4 Å². The summed E-state index contributed by atoms with van der Waals surface area (Å²) in [5.41, 5.74) is -1.17. The summed E-state index contributed by atoms with van der Waals surface area (Å²) in [5.74, 6) is -2.99. The Bertz CT molecular complexity index is 764. The molecule has 2 unspecified atom stereocenters. The molecule has 152 valence electrons. The number of aromatic nitrogens is 2. The molecule has 2 saturated heterocycles. The Morgan fingerprint density at radius 1 is 1.39 bits per heavy atom. The van der Waals surface area contributed by atoms with Crippen LogP contribution in [0.15, 0.2) is 12.5 Å². The standard InChI is InChI=1S/C18H25N5O5/c1-10-3-2-6-21-18(10,17(27)28)15(25)13(7-11-8-19-9-20-11)23-16(26)12-4-5-14(24)22-12/h8-10,12-13,21H,2-7H2,1H3,(H,19,20)(H,22,24)(H,23,26)(H,27,28)/t10?,12-,13-,18?/m0/s1. The van der Waals surface area contributed by atoms with Gasteiger partial charge in [0.1, 0.15) is 6.04 Å². The molecular formula is C18H25N5O5. The number of imidazole rings is 1. The number of carbonyl (C=O) groups excluding carboxylic acids is 3. The minimum atomic E-state index is -1.77. The average Bonchev–Trinajstić information content (AvgIpc) is 3.32. The third-order valence-corrected chi connectivity index (χ3v) is 5.61. The van der Waals surface area contributed by atoms with E-state index in [2.05, 4.69) is 25.9 Å². The highest BCUT2D eigenvalue weighted by molar-refractivity contribution is 6.11. The maximum absolute atomic E-state index is 13.4. The minimum Gasteiger partial charge on any atom is -0.480 e. The molecule has 0 aromatic carbocycles. The summed E-state index contributed by atoms with van der Waals surface area (Å²) in [6, 6.07) is -1.79. The zero-order valence-electron chi connectivity index (χ0n) is 15.7. The Balaban J connectivity index is 1.86. The first-order valence-corrected chi connectivity index (χ1v) is 9.44. The molecule has 0 aliphatic carbocycles. The molecule has 2 amide bonds. The van der Waals surface area contributed by atoms with Crippen LogP contribution in [0.2, 0.25) is 0 Å². The van der Waals surface area contributed by atoms with Crippen LogP contribution < -0.4 is 16.0 Å². The summed E-state index contributed by atoms with van der Waals surface area (Å²) < 4.78 is 0. The smallest absolute Gasteiger partial charge is 0.332 e. The number of nitrogens with one attached hydrogen (secondary N) is 4. The number of aliphatic carboxylic acids is 1. The zero-order valence-corrected chi connectivity index (χ0v) is 15.7. The largest absolute Gasteiger partial charge is 0.480 e. The van der Waals surface area contributed by atoms with E-state index in [0.717, 1.165) is 6.42 Å². The van der Waals surface area contributed by atoms with E-state index in [9.17, 15) is 24.3 Å². The predicted octanol–water partition coefficient (Wildman–Crippen LogP) is -0.872. The lowest BCUT2D eigenvalue weighted by atomic mass is 9.73. The number of rotatable bonds is 7. The van der Waals surface area contributed by atoms with Gasteiger partial charge in [-0.3, -0.25) is 19.7 Å². The van der Waals surface area contributed by atoms with Gasteiger partial charge in [0.2, 0.25) is 11.8 Å². The van der Waals surface area contributed by atoms with E-state index in [1.807, 2.05) is 0 Å². The van der Waals surface area contributed by atoms with E-state index in [1.54, 1.807) is 6.92 Å². The molecule has 1 aromatic heterocycles. The molecule has 1 aromatic rings. The van der Waals surface area contributed by atoms with Crippen molar-refractivity contribution in [2.45, 2.75) is 56.7 Å². The molecule has 0 saturated carbocycles. The average molecular weight is 391 g/mol. The maximum atomic E-state index is 13.4. The maximum Gasteiger partial charge on any atom is 0.332 e. The van der Waals surface area contributed by atoms with Gasteiger partial charge in [0, 0.05) is 24.7 Å². The monoisotopic (exact) mass is 391 g/mol. The van der Waals surface area contributed by atoms with Gasteiger partial charge in [-0.2, -0.15) is 0 Å². The molecule has 3 rings (SSSR count). The van der Waals surface area contributed by atoms with E-state index in [-0.39, 0.29) is 18.7 Å². The van der Waals surface area contributed by atoms with E-state index in [4.69, 9.17) is 0 Å². The number of nitrogens with zero attached hydrogens (tertiary/aromatic N) is 1. The van der Waals surface area contributed by atoms with Gasteiger partial charge in [0.15, 0.2) is 11.3 Å². The lowest BCUT2D eigenvalue weighted by Crippen LogP contribution is -2.69. The number of H-pyrrole nitrogens is 1. The van der Waals surface area contributed by atoms with Gasteiger partial charge < -0.3 is 20.7 Å². The summed E-state index contributed by atoms with van der Waals surface area (Å²) in [5, 5.41) is 18.0. The van der Waals surface area contributed by atoms with Crippen molar-refractivity contribution in [2.75, 3.05) is 6.54 Å². The molecule has 0 bridgehead atoms. The van der Waals surface area contributed by atoms with Gasteiger partial charge >= 0.3 is 5.97 Å². The number of ketones is 1. The number of hydrogen-bond donors (Lipinski definition) is 5. The number of carboxylic acid groups (broad SMARTS) is 1. The van der Waals surface area contributed by atoms with Crippen LogP contribution >= 0.6 is 0 Å². The second kappa shape index (κ2) is 8.09. The topological polar surface area (TPSA) is 153 Å². The number of Topliss-reactive ketones (excluding diaryl/α,β-unsaturated/α-hetero) is 1. The van der Waals surface area contributed by atoms with Crippen molar-refractivity contribution in [3.63, 3.8) is 0 Å². The molecule has 0 radical (unpaired) electrons. The quantitative estimate of drug-likeness (QED) is 0.379. The molecular weight excluding hydrogens is 366 g/mol. The second-order valence-corrected chi connectivity index (χ2v) is 7.45. The van der Waals surface area contributed by atoms with E-state index >= 15 is 0 Å². The number of carbonyl (C=O) groups is 4. The van der Waals surface area contributed by atoms with Crippen LogP contribution in [0.5, 0.6) is 0 Å². The lowest BCUT2D eigenvalue weighted by Gasteiger charge is -2.40. The van der Waals surface area contributed by atoms with Crippen LogP contribution in [0.1, 0.15) is 38.3 Å². The Morgan fingerprint density at radius 3 is 2.75 bits per heavy atom. The minimum absolute atomic E-state index is 0.0780. The Hall–Kier alpha value is -2.75. The summed E-state index contributed by atoms with van der Waals surface area (Å²) in [4.78, 5) is 56.4. The van der Waals surface area contributed by atoms with E-state index < -0.39 is 41.2 Å². The lowest BCUT2D eigenvalue weighted by molar-refractivity contribution is -0.155. The van der Waals surface area contributed by atoms with Crippen molar-refractivity contribution in [3.05, 3.63) is 18.2 Å². The highest BCUT2D eigenvalue weighted by atomic mass is 16.4. The fourth-order valence-corrected chi connectivity index (χ4v) is 3.99. The van der Waals surface area contributed by atoms with Crippen LogP contribution in [0.4, 0.5) is 0 Å². The normalized spacial score (nSPS) is 28.4. The first-order valence-electron chi connectivity index (χ1n) is 9.44. The summed E-state index contributed by atoms with van der Waals surface area (Å²) in [6.07, 6.45) is 5.00. The fourth-order valence-electron chi connectivity index (χ4n) is 3.99. The molecule has 3 heterocycles. The fraction of sp³-hybridized carbons (Fsp3) is 0.611. The van der Waals surface area contributed by atoms with Gasteiger partial charge in [-0.05, 0) is 31.7 Å². The first-order chi connectivity index (χ1) is 13.3. The molecule has 0 spiro atoms. The number of carboxylic acids is 1. The van der Waals surface area contributed by atoms with Gasteiger partial charge in [-0.1, -0.05) is 6.92 Å². The molecule has 28 heavy (non-hydrogen) atoms. The summed E-state index contributed by atoms with van der Waals surface area (Å²) >= 11 is 0. The molecule has 5 N–H and O–H groups in total. The predicted molar refractivity (Wildman–Crippen MR) is 97.2 cm³/mol. The Labute approximate surface area is 161 Å². The Morgan fingerprint density at radius 2 is 2.18 bits per heavy atom. The highest BCUT2D eigenvalue weighted by Crippen LogP contribution is 2.29. The van der Waals surface area contributed by atoms with Crippen molar-refractivity contribution in [1.82, 2.24) is 25.9 Å². The first kappa shape index (κ1) is 20.0. The van der Waals surface area contributed by atoms with E-state index in [0.29, 0.717) is 25.1 Å². The van der Waals surface area contributed by atoms with Crippen molar-refractivity contribution in [1.29, 1.82) is 0 Å². The van der Waals surface area contributed by atoms with Gasteiger partial charge in [0.25, 0.3) is 0 Å². The summed E-state index contributed by atoms with van der Waals surface area (Å²) in [6.45, 7) is 2.14. The van der Waals surface area contributed by atoms with Crippen LogP contribution in [-0.4, -0.2) is 62.8 Å². The molecule has 2 aliphatic rings. The molecule has 2 aliphatic heterocycles. The van der Waals surface area contributed by atoms with Crippen LogP contribution in [0, 0.1) is 5.92 Å². The van der Waals surface area contributed by atoms with Crippen molar-refractivity contribution in [2.24, 2.45) is 5.92 Å². The van der Waals surface area contributed by atoms with Crippen LogP contribution in [0.25, 0.3) is 0 Å². The molecule has 4 atom stereocenters. The number of piperidine rings is 1. The third kappa shape index (κ3) is 3.77. The Kier molecular flexibility index (Phi) is 5.78. The molecule has 10 nitrogen and oxygen atoms in total. The van der Waals surface area contributed by atoms with Crippen molar-refractivity contribution in [3.8, 4) is 0 Å².